The molecule has 0 radical (unpaired) electrons. The summed E-state index contributed by atoms with van der Waals surface area (Å²) >= 11 is 0. The van der Waals surface area contributed by atoms with Gasteiger partial charge >= 0.3 is 5.63 Å². The molecule has 1 saturated heterocycles. The summed E-state index contributed by atoms with van der Waals surface area (Å²) in [5.74, 6) is 0.214. The number of benzene rings is 2. The van der Waals surface area contributed by atoms with Crippen molar-refractivity contribution in [2.45, 2.75) is 24.7 Å². The SMILES string of the molecule is O=c1oc2ccccc2cc1-c1nc2ccccc2n1[C@@H]1O[C@H](O)[C@@H](O)[C@H]1O. The van der Waals surface area contributed by atoms with Crippen molar-refractivity contribution in [1.29, 1.82) is 0 Å². The van der Waals surface area contributed by atoms with E-state index in [2.05, 4.69) is 4.98 Å². The highest BCUT2D eigenvalue weighted by Crippen LogP contribution is 2.35. The van der Waals surface area contributed by atoms with Gasteiger partial charge in [0.2, 0.25) is 0 Å². The van der Waals surface area contributed by atoms with Gasteiger partial charge in [0.1, 0.15) is 23.4 Å². The summed E-state index contributed by atoms with van der Waals surface area (Å²) < 4.78 is 12.3. The zero-order valence-corrected chi connectivity index (χ0v) is 14.5. The second kappa shape index (κ2) is 6.25. The molecule has 4 atom stereocenters. The van der Waals surface area contributed by atoms with Crippen molar-refractivity contribution in [3.8, 4) is 11.4 Å². The van der Waals surface area contributed by atoms with Gasteiger partial charge in [-0.15, -0.1) is 0 Å². The zero-order valence-electron chi connectivity index (χ0n) is 14.5. The molecule has 2 aromatic heterocycles. The number of hydrogen-bond acceptors (Lipinski definition) is 7. The smallest absolute Gasteiger partial charge is 0.347 e. The van der Waals surface area contributed by atoms with Gasteiger partial charge in [-0.25, -0.2) is 9.78 Å². The van der Waals surface area contributed by atoms with Crippen molar-refractivity contribution in [3.05, 3.63) is 65.0 Å². The van der Waals surface area contributed by atoms with Crippen LogP contribution in [0.1, 0.15) is 6.23 Å². The molecule has 5 rings (SSSR count). The van der Waals surface area contributed by atoms with E-state index in [4.69, 9.17) is 9.15 Å². The molecule has 1 fully saturated rings. The number of nitrogens with zero attached hydrogens (tertiary/aromatic N) is 2. The minimum atomic E-state index is -1.55. The molecule has 0 spiro atoms. The fourth-order valence-electron chi connectivity index (χ4n) is 3.56. The van der Waals surface area contributed by atoms with Gasteiger partial charge in [-0.2, -0.15) is 0 Å². The number of imidazole rings is 1. The van der Waals surface area contributed by atoms with Gasteiger partial charge < -0.3 is 24.5 Å². The number of aliphatic hydroxyl groups is 3. The van der Waals surface area contributed by atoms with E-state index in [1.165, 1.54) is 4.57 Å². The molecule has 0 saturated carbocycles. The highest BCUT2D eigenvalue weighted by Gasteiger charge is 2.44. The maximum atomic E-state index is 12.7. The normalized spacial score (nSPS) is 25.0. The van der Waals surface area contributed by atoms with E-state index < -0.39 is 30.4 Å². The van der Waals surface area contributed by atoms with Crippen LogP contribution in [0.3, 0.4) is 0 Å². The van der Waals surface area contributed by atoms with Crippen LogP contribution < -0.4 is 5.63 Å². The van der Waals surface area contributed by atoms with Crippen molar-refractivity contribution < 1.29 is 24.5 Å². The van der Waals surface area contributed by atoms with Crippen LogP contribution >= 0.6 is 0 Å². The average molecular weight is 380 g/mol. The number of ether oxygens (including phenoxy) is 1. The van der Waals surface area contributed by atoms with Gasteiger partial charge in [-0.3, -0.25) is 4.57 Å². The molecular formula is C20H16N2O6. The lowest BCUT2D eigenvalue weighted by atomic mass is 10.1. The second-order valence-corrected chi connectivity index (χ2v) is 6.68. The molecule has 1 aliphatic heterocycles. The van der Waals surface area contributed by atoms with Crippen molar-refractivity contribution in [2.75, 3.05) is 0 Å². The average Bonchev–Trinajstić information content (AvgIpc) is 3.20. The lowest BCUT2D eigenvalue weighted by molar-refractivity contribution is -0.140. The van der Waals surface area contributed by atoms with Crippen molar-refractivity contribution >= 4 is 22.0 Å². The minimum absolute atomic E-state index is 0.182. The summed E-state index contributed by atoms with van der Waals surface area (Å²) in [7, 11) is 0. The van der Waals surface area contributed by atoms with E-state index in [1.807, 2.05) is 12.1 Å². The molecule has 0 unspecified atom stereocenters. The van der Waals surface area contributed by atoms with Crippen LogP contribution in [0.25, 0.3) is 33.4 Å². The first kappa shape index (κ1) is 17.1. The number of aliphatic hydroxyl groups excluding tert-OH is 3. The number of rotatable bonds is 2. The highest BCUT2D eigenvalue weighted by molar-refractivity contribution is 5.84. The Morgan fingerprint density at radius 2 is 1.71 bits per heavy atom. The van der Waals surface area contributed by atoms with E-state index in [9.17, 15) is 20.1 Å². The van der Waals surface area contributed by atoms with Gasteiger partial charge in [0, 0.05) is 5.39 Å². The Kier molecular flexibility index (Phi) is 3.81. The Morgan fingerprint density at radius 3 is 2.50 bits per heavy atom. The lowest BCUT2D eigenvalue weighted by Crippen LogP contribution is -2.31. The third kappa shape index (κ3) is 2.47. The summed E-state index contributed by atoms with van der Waals surface area (Å²) in [6, 6.07) is 15.8. The van der Waals surface area contributed by atoms with Crippen molar-refractivity contribution in [1.82, 2.24) is 9.55 Å². The van der Waals surface area contributed by atoms with E-state index in [1.54, 1.807) is 42.5 Å². The quantitative estimate of drug-likeness (QED) is 0.450. The molecule has 0 amide bonds. The first-order valence-corrected chi connectivity index (χ1v) is 8.74. The van der Waals surface area contributed by atoms with Crippen LogP contribution in [0.15, 0.2) is 63.8 Å². The Labute approximate surface area is 157 Å². The lowest BCUT2D eigenvalue weighted by Gasteiger charge is -2.19. The fraction of sp³-hybridized carbons (Fsp3) is 0.200. The predicted octanol–water partition coefficient (Wildman–Crippen LogP) is 1.38. The van der Waals surface area contributed by atoms with Gasteiger partial charge in [-0.05, 0) is 24.3 Å². The number of fused-ring (bicyclic) bond motifs is 2. The van der Waals surface area contributed by atoms with E-state index >= 15 is 0 Å². The number of para-hydroxylation sites is 3. The third-order valence-corrected chi connectivity index (χ3v) is 4.95. The Morgan fingerprint density at radius 1 is 0.964 bits per heavy atom. The van der Waals surface area contributed by atoms with Gasteiger partial charge in [-0.1, -0.05) is 30.3 Å². The van der Waals surface area contributed by atoms with Crippen LogP contribution in [-0.4, -0.2) is 43.4 Å². The Hall–Kier alpha value is -3.04. The summed E-state index contributed by atoms with van der Waals surface area (Å²) in [4.78, 5) is 17.2. The molecule has 8 heteroatoms. The number of aromatic nitrogens is 2. The largest absolute Gasteiger partial charge is 0.422 e. The van der Waals surface area contributed by atoms with Crippen LogP contribution in [0.5, 0.6) is 0 Å². The molecule has 1 aliphatic rings. The number of hydrogen-bond donors (Lipinski definition) is 3. The Balaban J connectivity index is 1.79. The summed E-state index contributed by atoms with van der Waals surface area (Å²) in [6.45, 7) is 0. The monoisotopic (exact) mass is 380 g/mol. The van der Waals surface area contributed by atoms with E-state index in [0.29, 0.717) is 22.0 Å². The molecule has 4 aromatic rings. The molecule has 8 nitrogen and oxygen atoms in total. The van der Waals surface area contributed by atoms with E-state index in [-0.39, 0.29) is 11.4 Å². The van der Waals surface area contributed by atoms with Gasteiger partial charge in [0.05, 0.1) is 11.0 Å². The summed E-state index contributed by atoms with van der Waals surface area (Å²) in [6.07, 6.45) is -5.56. The summed E-state index contributed by atoms with van der Waals surface area (Å²) in [5, 5.41) is 30.8. The topological polar surface area (TPSA) is 118 Å². The molecular weight excluding hydrogens is 364 g/mol. The van der Waals surface area contributed by atoms with Gasteiger partial charge in [0.15, 0.2) is 18.3 Å². The molecule has 0 aliphatic carbocycles. The molecule has 2 aromatic carbocycles. The molecule has 142 valence electrons. The minimum Gasteiger partial charge on any atom is -0.422 e. The first-order chi connectivity index (χ1) is 13.5. The van der Waals surface area contributed by atoms with Crippen LogP contribution in [0.2, 0.25) is 0 Å². The van der Waals surface area contributed by atoms with Crippen LogP contribution in [0.4, 0.5) is 0 Å². The zero-order chi connectivity index (χ0) is 19.4. The van der Waals surface area contributed by atoms with Crippen molar-refractivity contribution in [2.24, 2.45) is 0 Å². The van der Waals surface area contributed by atoms with E-state index in [0.717, 1.165) is 0 Å². The van der Waals surface area contributed by atoms with Gasteiger partial charge in [0.25, 0.3) is 0 Å². The maximum absolute atomic E-state index is 12.7. The highest BCUT2D eigenvalue weighted by atomic mass is 16.7. The molecule has 3 N–H and O–H groups in total. The molecule has 28 heavy (non-hydrogen) atoms. The molecule has 3 heterocycles. The van der Waals surface area contributed by atoms with Crippen molar-refractivity contribution in [3.63, 3.8) is 0 Å². The molecule has 0 bridgehead atoms. The van der Waals surface area contributed by atoms with Crippen LogP contribution in [-0.2, 0) is 4.74 Å². The van der Waals surface area contributed by atoms with Crippen LogP contribution in [0, 0.1) is 0 Å². The summed E-state index contributed by atoms with van der Waals surface area (Å²) in [5.41, 5.74) is 1.18. The second-order valence-electron chi connectivity index (χ2n) is 6.68. The standard InChI is InChI=1S/C20H16N2O6/c23-15-16(24)20(26)28-18(15)22-13-7-3-2-6-12(13)21-17(22)11-9-10-5-1-4-8-14(10)27-19(11)25/h1-9,15-16,18,20,23-24,26H/t15-,16+,18-,20+/m1/s1. The third-order valence-electron chi connectivity index (χ3n) is 4.95. The Bertz CT molecular complexity index is 1250. The maximum Gasteiger partial charge on any atom is 0.347 e. The predicted molar refractivity (Wildman–Crippen MR) is 99.4 cm³/mol. The fourth-order valence-corrected chi connectivity index (χ4v) is 3.56. The first-order valence-electron chi connectivity index (χ1n) is 8.74.